The van der Waals surface area contributed by atoms with E-state index in [0.717, 1.165) is 27.5 Å². The van der Waals surface area contributed by atoms with Crippen LogP contribution in [-0.4, -0.2) is 5.91 Å². The van der Waals surface area contributed by atoms with Gasteiger partial charge in [-0.05, 0) is 54.8 Å². The highest BCUT2D eigenvalue weighted by molar-refractivity contribution is 7.98. The number of amides is 1. The summed E-state index contributed by atoms with van der Waals surface area (Å²) in [5.74, 6) is 0.424. The average molecular weight is 286 g/mol. The third-order valence-electron chi connectivity index (χ3n) is 3.18. The molecular formula is C16H18N2OS. The van der Waals surface area contributed by atoms with Crippen LogP contribution in [0.25, 0.3) is 0 Å². The normalized spacial score (nSPS) is 10.5. The number of rotatable bonds is 4. The number of primary amides is 1. The van der Waals surface area contributed by atoms with Crippen molar-refractivity contribution in [1.29, 1.82) is 0 Å². The van der Waals surface area contributed by atoms with Crippen molar-refractivity contribution in [1.82, 2.24) is 0 Å². The highest BCUT2D eigenvalue weighted by atomic mass is 32.2. The zero-order valence-corrected chi connectivity index (χ0v) is 12.5. The van der Waals surface area contributed by atoms with Crippen molar-refractivity contribution < 1.29 is 4.79 Å². The summed E-state index contributed by atoms with van der Waals surface area (Å²) in [4.78, 5) is 12.2. The summed E-state index contributed by atoms with van der Waals surface area (Å²) in [6.45, 7) is 4.01. The standard InChI is InChI=1S/C16H18N2OS/c1-10-3-6-15(14(17)7-10)20-9-13-5-4-12(16(18)19)8-11(13)2/h3-8H,9,17H2,1-2H3,(H2,18,19). The van der Waals surface area contributed by atoms with E-state index in [4.69, 9.17) is 11.5 Å². The van der Waals surface area contributed by atoms with Gasteiger partial charge < -0.3 is 11.5 Å². The lowest BCUT2D eigenvalue weighted by Crippen LogP contribution is -2.11. The van der Waals surface area contributed by atoms with Crippen LogP contribution >= 0.6 is 11.8 Å². The summed E-state index contributed by atoms with van der Waals surface area (Å²) < 4.78 is 0. The van der Waals surface area contributed by atoms with E-state index in [9.17, 15) is 4.79 Å². The molecule has 0 aromatic heterocycles. The number of carbonyl (C=O) groups excluding carboxylic acids is 1. The van der Waals surface area contributed by atoms with Crippen LogP contribution in [0.15, 0.2) is 41.3 Å². The van der Waals surface area contributed by atoms with Gasteiger partial charge in [-0.3, -0.25) is 4.79 Å². The molecule has 0 saturated carbocycles. The first-order chi connectivity index (χ1) is 9.47. The Morgan fingerprint density at radius 3 is 2.50 bits per heavy atom. The van der Waals surface area contributed by atoms with Crippen molar-refractivity contribution in [3.63, 3.8) is 0 Å². The molecule has 0 aliphatic rings. The first-order valence-electron chi connectivity index (χ1n) is 6.35. The van der Waals surface area contributed by atoms with E-state index in [1.54, 1.807) is 17.8 Å². The van der Waals surface area contributed by atoms with Gasteiger partial charge in [-0.15, -0.1) is 11.8 Å². The van der Waals surface area contributed by atoms with Crippen LogP contribution in [-0.2, 0) is 5.75 Å². The molecule has 0 heterocycles. The summed E-state index contributed by atoms with van der Waals surface area (Å²) in [6.07, 6.45) is 0. The number of nitrogens with two attached hydrogens (primary N) is 2. The molecule has 0 unspecified atom stereocenters. The van der Waals surface area contributed by atoms with Crippen molar-refractivity contribution in [2.45, 2.75) is 24.5 Å². The van der Waals surface area contributed by atoms with Crippen LogP contribution < -0.4 is 11.5 Å². The Morgan fingerprint density at radius 1 is 1.15 bits per heavy atom. The predicted octanol–water partition coefficient (Wildman–Crippen LogP) is 3.28. The molecule has 20 heavy (non-hydrogen) atoms. The second-order valence-electron chi connectivity index (χ2n) is 4.84. The smallest absolute Gasteiger partial charge is 0.248 e. The highest BCUT2D eigenvalue weighted by Gasteiger charge is 2.06. The van der Waals surface area contributed by atoms with E-state index in [2.05, 4.69) is 6.07 Å². The van der Waals surface area contributed by atoms with Gasteiger partial charge in [-0.25, -0.2) is 0 Å². The summed E-state index contributed by atoms with van der Waals surface area (Å²) in [5, 5.41) is 0. The van der Waals surface area contributed by atoms with Gasteiger partial charge in [0.2, 0.25) is 5.91 Å². The minimum absolute atomic E-state index is 0.393. The maximum absolute atomic E-state index is 11.1. The van der Waals surface area contributed by atoms with Gasteiger partial charge in [0.15, 0.2) is 0 Å². The molecule has 0 bridgehead atoms. The minimum Gasteiger partial charge on any atom is -0.398 e. The third kappa shape index (κ3) is 3.33. The van der Waals surface area contributed by atoms with Gasteiger partial charge >= 0.3 is 0 Å². The topological polar surface area (TPSA) is 69.1 Å². The number of benzene rings is 2. The molecule has 4 N–H and O–H groups in total. The fourth-order valence-corrected chi connectivity index (χ4v) is 2.99. The molecule has 3 nitrogen and oxygen atoms in total. The van der Waals surface area contributed by atoms with Crippen molar-refractivity contribution in [2.75, 3.05) is 5.73 Å². The predicted molar refractivity (Wildman–Crippen MR) is 84.8 cm³/mol. The summed E-state index contributed by atoms with van der Waals surface area (Å²) in [5.41, 5.74) is 16.0. The molecular weight excluding hydrogens is 268 g/mol. The van der Waals surface area contributed by atoms with Crippen LogP contribution in [0.3, 0.4) is 0 Å². The van der Waals surface area contributed by atoms with Crippen LogP contribution in [0.5, 0.6) is 0 Å². The lowest BCUT2D eigenvalue weighted by atomic mass is 10.1. The molecule has 0 aliphatic heterocycles. The Bertz CT molecular complexity index is 653. The zero-order chi connectivity index (χ0) is 14.7. The maximum Gasteiger partial charge on any atom is 0.248 e. The highest BCUT2D eigenvalue weighted by Crippen LogP contribution is 2.29. The number of anilines is 1. The molecule has 1 amide bonds. The van der Waals surface area contributed by atoms with Gasteiger partial charge in [0.1, 0.15) is 0 Å². The molecule has 0 atom stereocenters. The van der Waals surface area contributed by atoms with E-state index in [0.29, 0.717) is 5.56 Å². The molecule has 0 radical (unpaired) electrons. The Hall–Kier alpha value is -1.94. The molecule has 0 fully saturated rings. The monoisotopic (exact) mass is 286 g/mol. The molecule has 4 heteroatoms. The summed E-state index contributed by atoms with van der Waals surface area (Å²) in [6, 6.07) is 11.6. The Balaban J connectivity index is 2.13. The quantitative estimate of drug-likeness (QED) is 0.669. The van der Waals surface area contributed by atoms with Crippen molar-refractivity contribution in [2.24, 2.45) is 5.73 Å². The fourth-order valence-electron chi connectivity index (χ4n) is 1.97. The van der Waals surface area contributed by atoms with Crippen LogP contribution in [0.4, 0.5) is 5.69 Å². The van der Waals surface area contributed by atoms with Crippen LogP contribution in [0.2, 0.25) is 0 Å². The first-order valence-corrected chi connectivity index (χ1v) is 7.34. The Kier molecular flexibility index (Phi) is 4.35. The second kappa shape index (κ2) is 6.01. The molecule has 0 spiro atoms. The van der Waals surface area contributed by atoms with E-state index in [1.165, 1.54) is 5.56 Å². The largest absolute Gasteiger partial charge is 0.398 e. The Labute approximate surface area is 123 Å². The van der Waals surface area contributed by atoms with Gasteiger partial charge in [-0.1, -0.05) is 12.1 Å². The first kappa shape index (κ1) is 14.5. The molecule has 0 aliphatic carbocycles. The average Bonchev–Trinajstić information content (AvgIpc) is 2.38. The maximum atomic E-state index is 11.1. The van der Waals surface area contributed by atoms with E-state index < -0.39 is 5.91 Å². The third-order valence-corrected chi connectivity index (χ3v) is 4.31. The molecule has 2 aromatic rings. The van der Waals surface area contributed by atoms with Gasteiger partial charge in [0.25, 0.3) is 0 Å². The SMILES string of the molecule is Cc1ccc(SCc2ccc(C(N)=O)cc2C)c(N)c1. The lowest BCUT2D eigenvalue weighted by Gasteiger charge is -2.09. The van der Waals surface area contributed by atoms with Crippen molar-refractivity contribution in [3.8, 4) is 0 Å². The van der Waals surface area contributed by atoms with Crippen LogP contribution in [0.1, 0.15) is 27.0 Å². The number of aryl methyl sites for hydroxylation is 2. The van der Waals surface area contributed by atoms with E-state index >= 15 is 0 Å². The fraction of sp³-hybridized carbons (Fsp3) is 0.188. The molecule has 104 valence electrons. The minimum atomic E-state index is -0.393. The van der Waals surface area contributed by atoms with Gasteiger partial charge in [0, 0.05) is 21.9 Å². The van der Waals surface area contributed by atoms with Gasteiger partial charge in [0.05, 0.1) is 0 Å². The van der Waals surface area contributed by atoms with Crippen molar-refractivity contribution in [3.05, 3.63) is 58.7 Å². The summed E-state index contributed by atoms with van der Waals surface area (Å²) >= 11 is 1.70. The van der Waals surface area contributed by atoms with Crippen molar-refractivity contribution >= 4 is 23.4 Å². The zero-order valence-electron chi connectivity index (χ0n) is 11.6. The number of nitrogen functional groups attached to an aromatic ring is 1. The number of hydrogen-bond donors (Lipinski definition) is 2. The second-order valence-corrected chi connectivity index (χ2v) is 5.85. The number of carbonyl (C=O) groups is 1. The number of hydrogen-bond acceptors (Lipinski definition) is 3. The number of thioether (sulfide) groups is 1. The molecule has 2 aromatic carbocycles. The van der Waals surface area contributed by atoms with Gasteiger partial charge in [-0.2, -0.15) is 0 Å². The lowest BCUT2D eigenvalue weighted by molar-refractivity contribution is 0.1000. The van der Waals surface area contributed by atoms with Crippen LogP contribution in [0, 0.1) is 13.8 Å². The summed E-state index contributed by atoms with van der Waals surface area (Å²) in [7, 11) is 0. The molecule has 0 saturated heterocycles. The van der Waals surface area contributed by atoms with E-state index in [-0.39, 0.29) is 0 Å². The molecule has 2 rings (SSSR count). The Morgan fingerprint density at radius 2 is 1.90 bits per heavy atom. The van der Waals surface area contributed by atoms with E-state index in [1.807, 2.05) is 38.1 Å².